The van der Waals surface area contributed by atoms with Crippen LogP contribution in [0.1, 0.15) is 16.5 Å². The third-order valence-corrected chi connectivity index (χ3v) is 5.47. The van der Waals surface area contributed by atoms with E-state index in [0.29, 0.717) is 6.04 Å². The number of nitrogens with zero attached hydrogens (tertiary/aromatic N) is 1. The number of hydrogen-bond donors (Lipinski definition) is 2. The number of thiophene rings is 1. The number of rotatable bonds is 4. The molecule has 0 spiro atoms. The SMILES string of the molecule is COc1ccc2[nH]cc([C@H](c3cccs3)N3CCNCC3)c2c1.Cl.Cl. The maximum atomic E-state index is 5.43. The number of nitrogens with one attached hydrogen (secondary N) is 2. The van der Waals surface area contributed by atoms with E-state index in [2.05, 4.69) is 51.0 Å². The normalized spacial score (nSPS) is 16.0. The molecule has 1 fully saturated rings. The first kappa shape index (κ1) is 20.1. The van der Waals surface area contributed by atoms with Gasteiger partial charge in [0.25, 0.3) is 0 Å². The summed E-state index contributed by atoms with van der Waals surface area (Å²) < 4.78 is 5.43. The quantitative estimate of drug-likeness (QED) is 0.694. The lowest BCUT2D eigenvalue weighted by Gasteiger charge is -2.34. The van der Waals surface area contributed by atoms with Crippen molar-refractivity contribution in [3.8, 4) is 5.75 Å². The standard InChI is InChI=1S/C18H21N3OS.2ClH/c1-22-13-4-5-16-14(11-13)15(12-20-16)18(17-3-2-10-23-17)21-8-6-19-7-9-21;;/h2-5,10-12,18-20H,6-9H2,1H3;2*1H/t18-;;/m1../s1. The lowest BCUT2D eigenvalue weighted by Crippen LogP contribution is -2.45. The van der Waals surface area contributed by atoms with E-state index in [0.717, 1.165) is 37.4 Å². The monoisotopic (exact) mass is 399 g/mol. The Bertz CT molecular complexity index is 785. The Kier molecular flexibility index (Phi) is 7.16. The summed E-state index contributed by atoms with van der Waals surface area (Å²) in [5, 5.41) is 6.87. The van der Waals surface area contributed by atoms with Gasteiger partial charge >= 0.3 is 0 Å². The summed E-state index contributed by atoms with van der Waals surface area (Å²) in [6, 6.07) is 10.9. The molecule has 7 heteroatoms. The van der Waals surface area contributed by atoms with Gasteiger partial charge in [0.15, 0.2) is 0 Å². The molecule has 3 heterocycles. The van der Waals surface area contributed by atoms with Gasteiger partial charge in [-0.05, 0) is 29.6 Å². The van der Waals surface area contributed by atoms with Crippen LogP contribution in [0.4, 0.5) is 0 Å². The van der Waals surface area contributed by atoms with E-state index in [1.807, 2.05) is 17.4 Å². The molecule has 0 aliphatic carbocycles. The fraction of sp³-hybridized carbons (Fsp3) is 0.333. The molecule has 1 aromatic carbocycles. The number of aromatic nitrogens is 1. The van der Waals surface area contributed by atoms with E-state index in [1.54, 1.807) is 7.11 Å². The summed E-state index contributed by atoms with van der Waals surface area (Å²) in [6.07, 6.45) is 2.16. The van der Waals surface area contributed by atoms with Crippen molar-refractivity contribution in [1.82, 2.24) is 15.2 Å². The van der Waals surface area contributed by atoms with Crippen LogP contribution in [0.3, 0.4) is 0 Å². The minimum Gasteiger partial charge on any atom is -0.497 e. The summed E-state index contributed by atoms with van der Waals surface area (Å²) >= 11 is 1.83. The molecule has 4 nitrogen and oxygen atoms in total. The van der Waals surface area contributed by atoms with Crippen molar-refractivity contribution < 1.29 is 4.74 Å². The number of fused-ring (bicyclic) bond motifs is 1. The molecule has 0 amide bonds. The Hall–Kier alpha value is -1.24. The van der Waals surface area contributed by atoms with Crippen LogP contribution < -0.4 is 10.1 Å². The van der Waals surface area contributed by atoms with Crippen LogP contribution >= 0.6 is 36.2 Å². The molecular weight excluding hydrogens is 377 g/mol. The Labute approximate surface area is 164 Å². The van der Waals surface area contributed by atoms with Gasteiger partial charge in [0.1, 0.15) is 5.75 Å². The Morgan fingerprint density at radius 3 is 2.64 bits per heavy atom. The molecule has 1 atom stereocenters. The second kappa shape index (κ2) is 8.92. The van der Waals surface area contributed by atoms with Gasteiger partial charge in [-0.25, -0.2) is 0 Å². The maximum absolute atomic E-state index is 5.43. The van der Waals surface area contributed by atoms with Crippen LogP contribution in [0.5, 0.6) is 5.75 Å². The minimum absolute atomic E-state index is 0. The van der Waals surface area contributed by atoms with E-state index in [9.17, 15) is 0 Å². The number of methoxy groups -OCH3 is 1. The highest BCUT2D eigenvalue weighted by molar-refractivity contribution is 7.10. The Balaban J connectivity index is 0.00000113. The van der Waals surface area contributed by atoms with Gasteiger partial charge in [0, 0.05) is 53.7 Å². The van der Waals surface area contributed by atoms with Crippen molar-refractivity contribution in [2.24, 2.45) is 0 Å². The van der Waals surface area contributed by atoms with Gasteiger partial charge in [0.2, 0.25) is 0 Å². The molecule has 2 aromatic heterocycles. The molecule has 0 bridgehead atoms. The lowest BCUT2D eigenvalue weighted by molar-refractivity contribution is 0.201. The van der Waals surface area contributed by atoms with Gasteiger partial charge in [-0.1, -0.05) is 6.07 Å². The Morgan fingerprint density at radius 2 is 1.96 bits per heavy atom. The van der Waals surface area contributed by atoms with E-state index in [1.165, 1.54) is 15.8 Å². The number of H-pyrrole nitrogens is 1. The van der Waals surface area contributed by atoms with Gasteiger partial charge < -0.3 is 15.0 Å². The predicted molar refractivity (Wildman–Crippen MR) is 110 cm³/mol. The maximum Gasteiger partial charge on any atom is 0.119 e. The van der Waals surface area contributed by atoms with Gasteiger partial charge in [-0.3, -0.25) is 4.90 Å². The first-order valence-electron chi connectivity index (χ1n) is 8.00. The molecule has 2 N–H and O–H groups in total. The second-order valence-corrected chi connectivity index (χ2v) is 6.84. The number of ether oxygens (including phenoxy) is 1. The molecule has 1 aliphatic heterocycles. The van der Waals surface area contributed by atoms with Crippen molar-refractivity contribution >= 4 is 47.1 Å². The largest absolute Gasteiger partial charge is 0.497 e. The van der Waals surface area contributed by atoms with Crippen LogP contribution in [-0.4, -0.2) is 43.2 Å². The highest BCUT2D eigenvalue weighted by Crippen LogP contribution is 2.37. The molecule has 136 valence electrons. The van der Waals surface area contributed by atoms with Crippen LogP contribution in [0.25, 0.3) is 10.9 Å². The molecule has 25 heavy (non-hydrogen) atoms. The predicted octanol–water partition coefficient (Wildman–Crippen LogP) is 4.08. The third kappa shape index (κ3) is 3.96. The molecular formula is C18H23Cl2N3OS. The first-order chi connectivity index (χ1) is 11.4. The van der Waals surface area contributed by atoms with E-state index in [-0.39, 0.29) is 24.8 Å². The van der Waals surface area contributed by atoms with Crippen LogP contribution in [0.15, 0.2) is 41.9 Å². The van der Waals surface area contributed by atoms with Crippen molar-refractivity contribution in [1.29, 1.82) is 0 Å². The van der Waals surface area contributed by atoms with E-state index < -0.39 is 0 Å². The van der Waals surface area contributed by atoms with Crippen molar-refractivity contribution in [3.05, 3.63) is 52.3 Å². The van der Waals surface area contributed by atoms with Gasteiger partial charge in [-0.15, -0.1) is 36.2 Å². The second-order valence-electron chi connectivity index (χ2n) is 5.86. The average Bonchev–Trinajstić information content (AvgIpc) is 3.26. The van der Waals surface area contributed by atoms with Crippen molar-refractivity contribution in [2.75, 3.05) is 33.3 Å². The average molecular weight is 400 g/mol. The number of hydrogen-bond acceptors (Lipinski definition) is 4. The lowest BCUT2D eigenvalue weighted by atomic mass is 10.0. The summed E-state index contributed by atoms with van der Waals surface area (Å²) in [5.41, 5.74) is 2.50. The topological polar surface area (TPSA) is 40.3 Å². The van der Waals surface area contributed by atoms with Crippen LogP contribution in [0, 0.1) is 0 Å². The number of halogens is 2. The molecule has 1 saturated heterocycles. The fourth-order valence-electron chi connectivity index (χ4n) is 3.39. The first-order valence-corrected chi connectivity index (χ1v) is 8.88. The van der Waals surface area contributed by atoms with Gasteiger partial charge in [-0.2, -0.15) is 0 Å². The molecule has 0 radical (unpaired) electrons. The molecule has 4 rings (SSSR count). The van der Waals surface area contributed by atoms with Crippen LogP contribution in [0.2, 0.25) is 0 Å². The van der Waals surface area contributed by atoms with Crippen molar-refractivity contribution in [2.45, 2.75) is 6.04 Å². The molecule has 1 aliphatic rings. The zero-order valence-electron chi connectivity index (χ0n) is 14.0. The summed E-state index contributed by atoms with van der Waals surface area (Å²) in [4.78, 5) is 7.40. The zero-order chi connectivity index (χ0) is 15.6. The highest BCUT2D eigenvalue weighted by Gasteiger charge is 2.27. The van der Waals surface area contributed by atoms with E-state index in [4.69, 9.17) is 4.74 Å². The summed E-state index contributed by atoms with van der Waals surface area (Å²) in [5.74, 6) is 0.906. The molecule has 0 unspecified atom stereocenters. The third-order valence-electron chi connectivity index (χ3n) is 4.54. The number of piperazine rings is 1. The highest BCUT2D eigenvalue weighted by atomic mass is 35.5. The fourth-order valence-corrected chi connectivity index (χ4v) is 4.27. The van der Waals surface area contributed by atoms with Crippen LogP contribution in [-0.2, 0) is 0 Å². The van der Waals surface area contributed by atoms with Gasteiger partial charge in [0.05, 0.1) is 13.2 Å². The van der Waals surface area contributed by atoms with E-state index >= 15 is 0 Å². The number of benzene rings is 1. The zero-order valence-corrected chi connectivity index (χ0v) is 16.5. The Morgan fingerprint density at radius 1 is 1.16 bits per heavy atom. The van der Waals surface area contributed by atoms with Crippen molar-refractivity contribution in [3.63, 3.8) is 0 Å². The molecule has 0 saturated carbocycles. The number of aromatic amines is 1. The smallest absolute Gasteiger partial charge is 0.119 e. The minimum atomic E-state index is 0. The summed E-state index contributed by atoms with van der Waals surface area (Å²) in [6.45, 7) is 4.24. The molecule has 3 aromatic rings. The summed E-state index contributed by atoms with van der Waals surface area (Å²) in [7, 11) is 1.72.